The molecule has 0 saturated carbocycles. The third kappa shape index (κ3) is 3.27. The van der Waals surface area contributed by atoms with E-state index in [0.717, 1.165) is 38.1 Å². The van der Waals surface area contributed by atoms with E-state index in [2.05, 4.69) is 30.1 Å². The molecule has 4 heteroatoms. The molecule has 0 aromatic heterocycles. The molecule has 0 spiro atoms. The fraction of sp³-hybridized carbons (Fsp3) is 0.611. The van der Waals surface area contributed by atoms with Gasteiger partial charge in [-0.1, -0.05) is 26.0 Å². The maximum Gasteiger partial charge on any atom is 0.261 e. The van der Waals surface area contributed by atoms with Crippen LogP contribution in [0.5, 0.6) is 5.75 Å². The van der Waals surface area contributed by atoms with Gasteiger partial charge in [0.2, 0.25) is 0 Å². The quantitative estimate of drug-likeness (QED) is 0.929. The molecule has 1 amide bonds. The van der Waals surface area contributed by atoms with Gasteiger partial charge in [-0.25, -0.2) is 0 Å². The van der Waals surface area contributed by atoms with Gasteiger partial charge in [-0.3, -0.25) is 4.79 Å². The van der Waals surface area contributed by atoms with Crippen LogP contribution in [-0.2, 0) is 4.79 Å². The first-order valence-corrected chi connectivity index (χ1v) is 8.40. The van der Waals surface area contributed by atoms with Crippen molar-refractivity contribution in [2.24, 2.45) is 0 Å². The molecule has 1 aromatic carbocycles. The van der Waals surface area contributed by atoms with Crippen LogP contribution in [0.2, 0.25) is 0 Å². The molecule has 1 N–H and O–H groups in total. The lowest BCUT2D eigenvalue weighted by Gasteiger charge is -2.27. The number of ether oxygens (including phenoxy) is 1. The highest BCUT2D eigenvalue weighted by Crippen LogP contribution is 2.28. The molecule has 2 fully saturated rings. The van der Waals surface area contributed by atoms with Crippen LogP contribution >= 0.6 is 0 Å². The lowest BCUT2D eigenvalue weighted by atomic mass is 10.0. The second-order valence-corrected chi connectivity index (χ2v) is 6.69. The minimum Gasteiger partial charge on any atom is -0.484 e. The molecule has 120 valence electrons. The summed E-state index contributed by atoms with van der Waals surface area (Å²) in [6, 6.07) is 8.81. The summed E-state index contributed by atoms with van der Waals surface area (Å²) in [7, 11) is 0. The number of benzene rings is 1. The molecule has 2 saturated heterocycles. The third-order valence-electron chi connectivity index (χ3n) is 4.83. The highest BCUT2D eigenvalue weighted by molar-refractivity contribution is 5.79. The second kappa shape index (κ2) is 6.69. The molecule has 0 radical (unpaired) electrons. The van der Waals surface area contributed by atoms with E-state index in [1.807, 2.05) is 18.2 Å². The molecular weight excluding hydrogens is 276 g/mol. The van der Waals surface area contributed by atoms with Gasteiger partial charge in [0.1, 0.15) is 5.75 Å². The lowest BCUT2D eigenvalue weighted by Crippen LogP contribution is -2.44. The first-order valence-electron chi connectivity index (χ1n) is 8.40. The van der Waals surface area contributed by atoms with Crippen LogP contribution in [0.4, 0.5) is 0 Å². The maximum atomic E-state index is 12.6. The highest BCUT2D eigenvalue weighted by atomic mass is 16.5. The summed E-state index contributed by atoms with van der Waals surface area (Å²) in [6.07, 6.45) is 3.32. The van der Waals surface area contributed by atoms with Gasteiger partial charge in [-0.2, -0.15) is 0 Å². The largest absolute Gasteiger partial charge is 0.484 e. The van der Waals surface area contributed by atoms with E-state index < -0.39 is 0 Å². The fourth-order valence-corrected chi connectivity index (χ4v) is 3.57. The Labute approximate surface area is 132 Å². The maximum absolute atomic E-state index is 12.6. The molecule has 2 aliphatic rings. The molecule has 4 nitrogen and oxygen atoms in total. The minimum atomic E-state index is 0.131. The third-order valence-corrected chi connectivity index (χ3v) is 4.83. The lowest BCUT2D eigenvalue weighted by molar-refractivity contribution is -0.136. The van der Waals surface area contributed by atoms with Crippen LogP contribution in [0.15, 0.2) is 24.3 Å². The van der Waals surface area contributed by atoms with Gasteiger partial charge in [-0.15, -0.1) is 0 Å². The van der Waals surface area contributed by atoms with Gasteiger partial charge >= 0.3 is 0 Å². The number of amides is 1. The Bertz CT molecular complexity index is 516. The zero-order valence-electron chi connectivity index (χ0n) is 13.5. The van der Waals surface area contributed by atoms with Crippen molar-refractivity contribution >= 4 is 5.91 Å². The van der Waals surface area contributed by atoms with Crippen LogP contribution in [0, 0.1) is 0 Å². The van der Waals surface area contributed by atoms with Gasteiger partial charge in [0.25, 0.3) is 5.91 Å². The van der Waals surface area contributed by atoms with Crippen molar-refractivity contribution in [2.75, 3.05) is 19.7 Å². The second-order valence-electron chi connectivity index (χ2n) is 6.69. The molecule has 2 aliphatic heterocycles. The average Bonchev–Trinajstić information content (AvgIpc) is 2.78. The Hall–Kier alpha value is -1.55. The van der Waals surface area contributed by atoms with Crippen molar-refractivity contribution in [3.63, 3.8) is 0 Å². The zero-order valence-corrected chi connectivity index (χ0v) is 13.5. The molecule has 2 atom stereocenters. The number of rotatable bonds is 4. The van der Waals surface area contributed by atoms with Crippen molar-refractivity contribution in [1.82, 2.24) is 10.2 Å². The van der Waals surface area contributed by atoms with E-state index >= 15 is 0 Å². The number of hydrogen-bond acceptors (Lipinski definition) is 3. The smallest absolute Gasteiger partial charge is 0.261 e. The van der Waals surface area contributed by atoms with E-state index in [-0.39, 0.29) is 12.5 Å². The molecule has 2 unspecified atom stereocenters. The standard InChI is InChI=1S/C18H26N2O2/c1-13(2)14-4-3-5-17(10-14)22-12-18(21)20-15-6-7-16(20)11-19-9-8-15/h3-5,10,13,15-16,19H,6-9,11-12H2,1-2H3. The van der Waals surface area contributed by atoms with Gasteiger partial charge in [0.15, 0.2) is 6.61 Å². The van der Waals surface area contributed by atoms with Crippen molar-refractivity contribution < 1.29 is 9.53 Å². The first-order chi connectivity index (χ1) is 10.6. The van der Waals surface area contributed by atoms with Crippen molar-refractivity contribution in [2.45, 2.75) is 51.1 Å². The van der Waals surface area contributed by atoms with E-state index in [0.29, 0.717) is 18.0 Å². The summed E-state index contributed by atoms with van der Waals surface area (Å²) in [5.74, 6) is 1.39. The Kier molecular flexibility index (Phi) is 4.67. The van der Waals surface area contributed by atoms with Crippen LogP contribution in [0.1, 0.15) is 44.6 Å². The molecule has 3 rings (SSSR count). The van der Waals surface area contributed by atoms with Crippen LogP contribution in [0.3, 0.4) is 0 Å². The molecule has 1 aromatic rings. The predicted octanol–water partition coefficient (Wildman–Crippen LogP) is 2.54. The van der Waals surface area contributed by atoms with Crippen molar-refractivity contribution in [1.29, 1.82) is 0 Å². The number of hydrogen-bond donors (Lipinski definition) is 1. The molecular formula is C18H26N2O2. The van der Waals surface area contributed by atoms with E-state index in [1.165, 1.54) is 5.56 Å². The summed E-state index contributed by atoms with van der Waals surface area (Å²) in [4.78, 5) is 14.7. The molecule has 2 heterocycles. The number of fused-ring (bicyclic) bond motifs is 2. The summed E-state index contributed by atoms with van der Waals surface area (Å²) >= 11 is 0. The van der Waals surface area contributed by atoms with E-state index in [9.17, 15) is 4.79 Å². The number of carbonyl (C=O) groups is 1. The van der Waals surface area contributed by atoms with Gasteiger partial charge in [0, 0.05) is 18.6 Å². The van der Waals surface area contributed by atoms with E-state index in [4.69, 9.17) is 4.74 Å². The first kappa shape index (κ1) is 15.3. The number of carbonyl (C=O) groups excluding carboxylic acids is 1. The zero-order chi connectivity index (χ0) is 15.5. The Morgan fingerprint density at radius 3 is 2.95 bits per heavy atom. The molecule has 0 aliphatic carbocycles. The Morgan fingerprint density at radius 1 is 1.32 bits per heavy atom. The van der Waals surface area contributed by atoms with E-state index in [1.54, 1.807) is 0 Å². The van der Waals surface area contributed by atoms with Gasteiger partial charge in [0.05, 0.1) is 0 Å². The van der Waals surface area contributed by atoms with Crippen LogP contribution in [-0.4, -0.2) is 42.6 Å². The molecule has 22 heavy (non-hydrogen) atoms. The fourth-order valence-electron chi connectivity index (χ4n) is 3.57. The Morgan fingerprint density at radius 2 is 2.14 bits per heavy atom. The van der Waals surface area contributed by atoms with Crippen molar-refractivity contribution in [3.8, 4) is 5.75 Å². The SMILES string of the molecule is CC(C)c1cccc(OCC(=O)N2C3CCNCC2CC3)c1. The van der Waals surface area contributed by atoms with Gasteiger partial charge < -0.3 is 15.0 Å². The average molecular weight is 302 g/mol. The molecule has 2 bridgehead atoms. The van der Waals surface area contributed by atoms with Crippen LogP contribution < -0.4 is 10.1 Å². The normalized spacial score (nSPS) is 24.4. The van der Waals surface area contributed by atoms with Gasteiger partial charge in [-0.05, 0) is 49.4 Å². The summed E-state index contributed by atoms with van der Waals surface area (Å²) in [5, 5.41) is 3.42. The predicted molar refractivity (Wildman–Crippen MR) is 87.2 cm³/mol. The summed E-state index contributed by atoms with van der Waals surface area (Å²) in [6.45, 7) is 6.40. The number of nitrogens with one attached hydrogen (secondary N) is 1. The van der Waals surface area contributed by atoms with Crippen molar-refractivity contribution in [3.05, 3.63) is 29.8 Å². The van der Waals surface area contributed by atoms with Crippen LogP contribution in [0.25, 0.3) is 0 Å². The number of nitrogens with zero attached hydrogens (tertiary/aromatic N) is 1. The summed E-state index contributed by atoms with van der Waals surface area (Å²) < 4.78 is 5.77. The topological polar surface area (TPSA) is 41.6 Å². The minimum absolute atomic E-state index is 0.131. The summed E-state index contributed by atoms with van der Waals surface area (Å²) in [5.41, 5.74) is 1.24. The highest BCUT2D eigenvalue weighted by Gasteiger charge is 2.37. The Balaban J connectivity index is 1.61. The monoisotopic (exact) mass is 302 g/mol.